The van der Waals surface area contributed by atoms with Crippen LogP contribution in [0.1, 0.15) is 316 Å². The highest BCUT2D eigenvalue weighted by Gasteiger charge is 2.30. The zero-order chi connectivity index (χ0) is 62.1. The van der Waals surface area contributed by atoms with E-state index in [-0.39, 0.29) is 31.5 Å². The van der Waals surface area contributed by atoms with Crippen LogP contribution in [0, 0.1) is 0 Å². The molecule has 492 valence electrons. The summed E-state index contributed by atoms with van der Waals surface area (Å²) in [5.74, 6) is -0.513. The molecule has 0 aromatic rings. The molecule has 0 fully saturated rings. The van der Waals surface area contributed by atoms with Crippen LogP contribution in [0.5, 0.6) is 0 Å². The van der Waals surface area contributed by atoms with Crippen molar-refractivity contribution >= 4 is 19.7 Å². The lowest BCUT2D eigenvalue weighted by Gasteiger charge is -2.27. The quantitative estimate of drug-likeness (QED) is 0.0205. The van der Waals surface area contributed by atoms with Gasteiger partial charge in [0.1, 0.15) is 19.3 Å². The Labute approximate surface area is 526 Å². The molecule has 1 amide bonds. The number of nitrogens with zero attached hydrogens (tertiary/aromatic N) is 1. The van der Waals surface area contributed by atoms with Crippen molar-refractivity contribution in [3.05, 3.63) is 97.2 Å². The van der Waals surface area contributed by atoms with Crippen LogP contribution in [0.2, 0.25) is 0 Å². The van der Waals surface area contributed by atoms with E-state index in [2.05, 4.69) is 111 Å². The van der Waals surface area contributed by atoms with Crippen LogP contribution in [-0.2, 0) is 27.9 Å². The van der Waals surface area contributed by atoms with E-state index in [0.717, 1.165) is 109 Å². The number of carbonyl (C=O) groups excluding carboxylic acids is 2. The predicted octanol–water partition coefficient (Wildman–Crippen LogP) is 22.7. The molecule has 0 saturated carbocycles. The molecule has 0 aliphatic carbocycles. The fourth-order valence-corrected chi connectivity index (χ4v) is 10.8. The summed E-state index contributed by atoms with van der Waals surface area (Å²) in [6, 6.07) is -0.861. The standard InChI is InChI=1S/C75H135N2O7P/c1-7-10-13-16-19-22-25-28-30-32-34-36-38-40-42-44-46-49-52-55-58-61-64-67-74(78)76-72(71-83-85(80,81)82-70-69-77(4,5)6)73(66-63-60-57-54-51-48-27-24-21-18-15-12-9-3)84-75(79)68-65-62-59-56-53-50-47-45-43-41-39-37-35-33-31-29-26-23-20-17-14-11-8-2/h10,13,19-20,22-23,28-31,34,36,40,42,63,66,72-73H,7-9,11-12,14-18,21,24-27,32-33,35,37-39,41,43-62,64-65,67-71H2,1-6H3,(H-,76,78,80,81)/p+1/b13-10-,22-19-,23-20-,30-28-,31-29-,36-34-,42-40-,66-63+. The van der Waals surface area contributed by atoms with Crippen molar-refractivity contribution in [2.45, 2.75) is 328 Å². The first kappa shape index (κ1) is 81.9. The maximum absolute atomic E-state index is 13.6. The van der Waals surface area contributed by atoms with E-state index < -0.39 is 20.0 Å². The molecule has 0 aromatic carbocycles. The average molecular weight is 1210 g/mol. The van der Waals surface area contributed by atoms with E-state index in [0.29, 0.717) is 17.4 Å². The van der Waals surface area contributed by atoms with E-state index in [1.165, 1.54) is 173 Å². The van der Waals surface area contributed by atoms with Gasteiger partial charge in [-0.25, -0.2) is 4.57 Å². The average Bonchev–Trinajstić information content (AvgIpc) is 3.52. The molecule has 0 rings (SSSR count). The van der Waals surface area contributed by atoms with Crippen LogP contribution in [0.3, 0.4) is 0 Å². The largest absolute Gasteiger partial charge is 0.472 e. The van der Waals surface area contributed by atoms with Gasteiger partial charge in [-0.1, -0.05) is 292 Å². The van der Waals surface area contributed by atoms with Crippen molar-refractivity contribution in [3.63, 3.8) is 0 Å². The number of esters is 1. The maximum atomic E-state index is 13.6. The summed E-state index contributed by atoms with van der Waals surface area (Å²) in [4.78, 5) is 37.9. The number of quaternary nitrogens is 1. The minimum absolute atomic E-state index is 0.0344. The number of phosphoric acid groups is 1. The maximum Gasteiger partial charge on any atom is 0.472 e. The Hall–Kier alpha value is -3.07. The number of allylic oxidation sites excluding steroid dienone is 15. The minimum Gasteiger partial charge on any atom is -0.456 e. The van der Waals surface area contributed by atoms with Gasteiger partial charge in [0, 0.05) is 12.8 Å². The number of carbonyl (C=O) groups is 2. The Balaban J connectivity index is 5.14. The fraction of sp³-hybridized carbons (Fsp3) is 0.760. The van der Waals surface area contributed by atoms with Crippen molar-refractivity contribution in [1.29, 1.82) is 0 Å². The molecular weight excluding hydrogens is 1070 g/mol. The van der Waals surface area contributed by atoms with E-state index in [4.69, 9.17) is 13.8 Å². The number of nitrogens with one attached hydrogen (secondary N) is 1. The van der Waals surface area contributed by atoms with Gasteiger partial charge in [-0.3, -0.25) is 18.6 Å². The van der Waals surface area contributed by atoms with Crippen molar-refractivity contribution in [2.24, 2.45) is 0 Å². The topological polar surface area (TPSA) is 111 Å². The Bertz CT molecular complexity index is 1780. The van der Waals surface area contributed by atoms with Crippen molar-refractivity contribution in [3.8, 4) is 0 Å². The van der Waals surface area contributed by atoms with Gasteiger partial charge in [0.05, 0.1) is 33.8 Å². The van der Waals surface area contributed by atoms with Gasteiger partial charge >= 0.3 is 13.8 Å². The highest BCUT2D eigenvalue weighted by molar-refractivity contribution is 7.47. The lowest BCUT2D eigenvalue weighted by atomic mass is 10.0. The normalized spacial score (nSPS) is 14.1. The van der Waals surface area contributed by atoms with Crippen LogP contribution >= 0.6 is 7.82 Å². The number of phosphoric ester groups is 1. The molecule has 0 aromatic heterocycles. The van der Waals surface area contributed by atoms with E-state index in [1.54, 1.807) is 0 Å². The molecule has 0 spiro atoms. The molecule has 0 bridgehead atoms. The number of unbranched alkanes of at least 4 members (excludes halogenated alkanes) is 34. The summed E-state index contributed by atoms with van der Waals surface area (Å²) in [5.41, 5.74) is 0. The van der Waals surface area contributed by atoms with Gasteiger partial charge in [-0.05, 0) is 109 Å². The SMILES string of the molecule is CC/C=C\C/C=C\C/C=C\C/C=C\C/C=C\CCCCCCCCCC(=O)NC(COP(=O)(O)OCC[N+](C)(C)C)C(/C=C/CCCCCCCCCCCCC)OC(=O)CCCCCCCCCCCCCCC/C=C\C/C=C\CCCCC. The van der Waals surface area contributed by atoms with E-state index in [1.807, 2.05) is 33.3 Å². The summed E-state index contributed by atoms with van der Waals surface area (Å²) in [7, 11) is 1.48. The molecule has 2 N–H and O–H groups in total. The molecule has 9 nitrogen and oxygen atoms in total. The smallest absolute Gasteiger partial charge is 0.456 e. The minimum atomic E-state index is -4.46. The number of ether oxygens (including phenoxy) is 1. The molecule has 85 heavy (non-hydrogen) atoms. The Kier molecular flexibility index (Phi) is 61.6. The summed E-state index contributed by atoms with van der Waals surface area (Å²) in [5, 5.41) is 3.07. The molecule has 10 heteroatoms. The molecule has 3 unspecified atom stereocenters. The van der Waals surface area contributed by atoms with Gasteiger partial charge < -0.3 is 19.4 Å². The number of hydrogen-bond acceptors (Lipinski definition) is 6. The van der Waals surface area contributed by atoms with E-state index in [9.17, 15) is 19.0 Å². The second-order valence-corrected chi connectivity index (χ2v) is 26.5. The monoisotopic (exact) mass is 1210 g/mol. The molecule has 0 aliphatic heterocycles. The molecule has 0 heterocycles. The van der Waals surface area contributed by atoms with Crippen LogP contribution in [0.15, 0.2) is 97.2 Å². The van der Waals surface area contributed by atoms with Crippen LogP contribution in [0.25, 0.3) is 0 Å². The zero-order valence-corrected chi connectivity index (χ0v) is 57.2. The Morgan fingerprint density at radius 2 is 0.753 bits per heavy atom. The van der Waals surface area contributed by atoms with Crippen molar-refractivity contribution < 1.29 is 37.3 Å². The third kappa shape index (κ3) is 65.2. The molecular formula is C75H136N2O7P+. The van der Waals surface area contributed by atoms with Crippen LogP contribution in [-0.4, -0.2) is 74.3 Å². The first-order valence-corrected chi connectivity index (χ1v) is 37.1. The van der Waals surface area contributed by atoms with Crippen molar-refractivity contribution in [2.75, 3.05) is 40.9 Å². The number of likely N-dealkylation sites (N-methyl/N-ethyl adjacent to an activating group) is 1. The molecule has 3 atom stereocenters. The van der Waals surface area contributed by atoms with E-state index >= 15 is 0 Å². The van der Waals surface area contributed by atoms with Gasteiger partial charge in [0.15, 0.2) is 0 Å². The van der Waals surface area contributed by atoms with Crippen LogP contribution < -0.4 is 5.32 Å². The van der Waals surface area contributed by atoms with Gasteiger partial charge in [-0.2, -0.15) is 0 Å². The second kappa shape index (κ2) is 63.9. The van der Waals surface area contributed by atoms with Gasteiger partial charge in [0.2, 0.25) is 5.91 Å². The van der Waals surface area contributed by atoms with Gasteiger partial charge in [-0.15, -0.1) is 0 Å². The fourth-order valence-electron chi connectivity index (χ4n) is 10.1. The third-order valence-electron chi connectivity index (χ3n) is 15.5. The zero-order valence-electron chi connectivity index (χ0n) is 56.3. The second-order valence-electron chi connectivity index (χ2n) is 25.0. The first-order chi connectivity index (χ1) is 41.4. The Morgan fingerprint density at radius 3 is 1.15 bits per heavy atom. The Morgan fingerprint density at radius 1 is 0.424 bits per heavy atom. The molecule has 0 saturated heterocycles. The van der Waals surface area contributed by atoms with Gasteiger partial charge in [0.25, 0.3) is 0 Å². The summed E-state index contributed by atoms with van der Waals surface area (Å²) in [6.07, 6.45) is 87.0. The predicted molar refractivity (Wildman–Crippen MR) is 369 cm³/mol. The first-order valence-electron chi connectivity index (χ1n) is 35.6. The highest BCUT2D eigenvalue weighted by Crippen LogP contribution is 2.43. The number of amides is 1. The summed E-state index contributed by atoms with van der Waals surface area (Å²) < 4.78 is 30.8. The third-order valence-corrected chi connectivity index (χ3v) is 16.5. The van der Waals surface area contributed by atoms with Crippen molar-refractivity contribution in [1.82, 2.24) is 5.32 Å². The summed E-state index contributed by atoms with van der Waals surface area (Å²) >= 11 is 0. The number of hydrogen-bond donors (Lipinski definition) is 2. The molecule has 0 radical (unpaired) electrons. The lowest BCUT2D eigenvalue weighted by molar-refractivity contribution is -0.870. The number of rotatable bonds is 64. The molecule has 0 aliphatic rings. The summed E-state index contributed by atoms with van der Waals surface area (Å²) in [6.45, 7) is 6.89. The highest BCUT2D eigenvalue weighted by atomic mass is 31.2. The van der Waals surface area contributed by atoms with Crippen LogP contribution in [0.4, 0.5) is 0 Å². The lowest BCUT2D eigenvalue weighted by Crippen LogP contribution is -2.47.